The van der Waals surface area contributed by atoms with Crippen LogP contribution in [-0.4, -0.2) is 0 Å². The Morgan fingerprint density at radius 1 is 0.867 bits per heavy atom. The molecule has 0 spiro atoms. The zero-order chi connectivity index (χ0) is 11.4. The quantitative estimate of drug-likeness (QED) is 0.537. The summed E-state index contributed by atoms with van der Waals surface area (Å²) >= 11 is 0. The number of allylic oxidation sites excluding steroid dienone is 8. The molecule has 0 aromatic rings. The highest BCUT2D eigenvalue weighted by Crippen LogP contribution is 2.53. The molecule has 0 aromatic carbocycles. The Morgan fingerprint density at radius 2 is 1.47 bits per heavy atom. The predicted octanol–water partition coefficient (Wildman–Crippen LogP) is 4.57. The molecule has 0 nitrogen and oxygen atoms in total. The molecule has 0 fully saturated rings. The Labute approximate surface area is 93.1 Å². The zero-order valence-electron chi connectivity index (χ0n) is 10.7. The fourth-order valence-electron chi connectivity index (χ4n) is 2.85. The number of hydrogen-bond donors (Lipinski definition) is 0. The minimum atomic E-state index is 0.174. The first kappa shape index (κ1) is 10.5. The van der Waals surface area contributed by atoms with Gasteiger partial charge < -0.3 is 0 Å². The molecule has 0 saturated carbocycles. The van der Waals surface area contributed by atoms with Crippen LogP contribution in [0.3, 0.4) is 0 Å². The maximum Gasteiger partial charge on any atom is 0.0348 e. The van der Waals surface area contributed by atoms with Gasteiger partial charge in [0.25, 0.3) is 0 Å². The summed E-state index contributed by atoms with van der Waals surface area (Å²) in [6.07, 6.45) is 4.71. The molecule has 80 valence electrons. The highest BCUT2D eigenvalue weighted by atomic mass is 14.4. The third kappa shape index (κ3) is 1.14. The second-order valence-electron chi connectivity index (χ2n) is 5.13. The molecule has 2 rings (SSSR count). The van der Waals surface area contributed by atoms with E-state index in [-0.39, 0.29) is 5.41 Å². The van der Waals surface area contributed by atoms with Gasteiger partial charge in [0.15, 0.2) is 0 Å². The van der Waals surface area contributed by atoms with E-state index >= 15 is 0 Å². The third-order valence-electron chi connectivity index (χ3n) is 4.46. The van der Waals surface area contributed by atoms with Crippen LogP contribution in [0, 0.1) is 5.41 Å². The molecular formula is C15H20. The summed E-state index contributed by atoms with van der Waals surface area (Å²) < 4.78 is 0. The van der Waals surface area contributed by atoms with Gasteiger partial charge in [-0.15, -0.1) is 0 Å². The van der Waals surface area contributed by atoms with E-state index in [2.05, 4.69) is 53.7 Å². The molecule has 0 N–H and O–H groups in total. The standard InChI is InChI=1S/C15H20/c1-9-7-11(3)15(6)13(5)10(2)8-14(15)12(9)4/h7-8H,1-6H3. The summed E-state index contributed by atoms with van der Waals surface area (Å²) in [4.78, 5) is 0. The van der Waals surface area contributed by atoms with Gasteiger partial charge in [0.05, 0.1) is 0 Å². The van der Waals surface area contributed by atoms with E-state index in [0.29, 0.717) is 0 Å². The van der Waals surface area contributed by atoms with Crippen LogP contribution in [0.2, 0.25) is 0 Å². The lowest BCUT2D eigenvalue weighted by Gasteiger charge is -2.36. The fraction of sp³-hybridized carbons (Fsp3) is 0.467. The van der Waals surface area contributed by atoms with Crippen molar-refractivity contribution in [3.63, 3.8) is 0 Å². The zero-order valence-corrected chi connectivity index (χ0v) is 10.7. The summed E-state index contributed by atoms with van der Waals surface area (Å²) in [6.45, 7) is 13.6. The molecule has 2 aliphatic carbocycles. The third-order valence-corrected chi connectivity index (χ3v) is 4.46. The smallest absolute Gasteiger partial charge is 0.0348 e. The maximum absolute atomic E-state index is 2.37. The minimum absolute atomic E-state index is 0.174. The van der Waals surface area contributed by atoms with Gasteiger partial charge in [0.1, 0.15) is 0 Å². The molecule has 0 aliphatic heterocycles. The largest absolute Gasteiger partial charge is 0.0589 e. The van der Waals surface area contributed by atoms with Crippen molar-refractivity contribution in [2.45, 2.75) is 41.5 Å². The second-order valence-corrected chi connectivity index (χ2v) is 5.13. The van der Waals surface area contributed by atoms with Crippen LogP contribution in [0.4, 0.5) is 0 Å². The summed E-state index contributed by atoms with van der Waals surface area (Å²) in [5, 5.41) is 0. The first-order valence-electron chi connectivity index (χ1n) is 5.65. The molecular weight excluding hydrogens is 180 g/mol. The first-order valence-corrected chi connectivity index (χ1v) is 5.65. The van der Waals surface area contributed by atoms with Gasteiger partial charge in [-0.25, -0.2) is 0 Å². The van der Waals surface area contributed by atoms with Crippen LogP contribution in [-0.2, 0) is 0 Å². The van der Waals surface area contributed by atoms with E-state index in [9.17, 15) is 0 Å². The Bertz CT molecular complexity index is 452. The van der Waals surface area contributed by atoms with Crippen molar-refractivity contribution in [1.82, 2.24) is 0 Å². The van der Waals surface area contributed by atoms with Crippen molar-refractivity contribution in [1.29, 1.82) is 0 Å². The summed E-state index contributed by atoms with van der Waals surface area (Å²) in [5.41, 5.74) is 8.99. The monoisotopic (exact) mass is 200 g/mol. The summed E-state index contributed by atoms with van der Waals surface area (Å²) in [7, 11) is 0. The lowest BCUT2D eigenvalue weighted by atomic mass is 9.67. The Balaban J connectivity index is 2.70. The minimum Gasteiger partial charge on any atom is -0.0589 e. The Morgan fingerprint density at radius 3 is 2.07 bits per heavy atom. The van der Waals surface area contributed by atoms with E-state index < -0.39 is 0 Å². The van der Waals surface area contributed by atoms with Gasteiger partial charge in [0.2, 0.25) is 0 Å². The second kappa shape index (κ2) is 2.98. The molecule has 0 aromatic heterocycles. The molecule has 2 aliphatic rings. The maximum atomic E-state index is 2.37. The number of hydrogen-bond acceptors (Lipinski definition) is 0. The van der Waals surface area contributed by atoms with E-state index in [1.54, 1.807) is 0 Å². The molecule has 0 bridgehead atoms. The van der Waals surface area contributed by atoms with Crippen molar-refractivity contribution in [3.8, 4) is 0 Å². The van der Waals surface area contributed by atoms with Crippen LogP contribution < -0.4 is 0 Å². The van der Waals surface area contributed by atoms with Gasteiger partial charge in [-0.05, 0) is 58.3 Å². The van der Waals surface area contributed by atoms with Crippen molar-refractivity contribution in [2.24, 2.45) is 5.41 Å². The van der Waals surface area contributed by atoms with Crippen molar-refractivity contribution >= 4 is 0 Å². The highest BCUT2D eigenvalue weighted by molar-refractivity contribution is 5.62. The fourth-order valence-corrected chi connectivity index (χ4v) is 2.85. The lowest BCUT2D eigenvalue weighted by Crippen LogP contribution is -2.24. The van der Waals surface area contributed by atoms with Crippen LogP contribution in [0.25, 0.3) is 0 Å². The van der Waals surface area contributed by atoms with E-state index in [1.807, 2.05) is 0 Å². The van der Waals surface area contributed by atoms with Crippen LogP contribution >= 0.6 is 0 Å². The van der Waals surface area contributed by atoms with Crippen LogP contribution in [0.5, 0.6) is 0 Å². The number of fused-ring (bicyclic) bond motifs is 1. The molecule has 1 unspecified atom stereocenters. The summed E-state index contributed by atoms with van der Waals surface area (Å²) in [5.74, 6) is 0. The van der Waals surface area contributed by atoms with Crippen LogP contribution in [0.15, 0.2) is 45.6 Å². The normalized spacial score (nSPS) is 30.5. The molecule has 0 amide bonds. The molecule has 0 heterocycles. The molecule has 0 saturated heterocycles. The van der Waals surface area contributed by atoms with Gasteiger partial charge in [0, 0.05) is 5.41 Å². The van der Waals surface area contributed by atoms with Gasteiger partial charge in [-0.3, -0.25) is 0 Å². The van der Waals surface area contributed by atoms with Crippen LogP contribution in [0.1, 0.15) is 41.5 Å². The average Bonchev–Trinajstić information content (AvgIpc) is 2.41. The van der Waals surface area contributed by atoms with Gasteiger partial charge in [-0.2, -0.15) is 0 Å². The molecule has 0 radical (unpaired) electrons. The van der Waals surface area contributed by atoms with Gasteiger partial charge >= 0.3 is 0 Å². The first-order chi connectivity index (χ1) is 6.89. The topological polar surface area (TPSA) is 0 Å². The predicted molar refractivity (Wildman–Crippen MR) is 66.7 cm³/mol. The van der Waals surface area contributed by atoms with Crippen molar-refractivity contribution < 1.29 is 0 Å². The van der Waals surface area contributed by atoms with Gasteiger partial charge in [-0.1, -0.05) is 28.9 Å². The Kier molecular flexibility index (Phi) is 2.08. The average molecular weight is 200 g/mol. The van der Waals surface area contributed by atoms with E-state index in [0.717, 1.165) is 0 Å². The lowest BCUT2D eigenvalue weighted by molar-refractivity contribution is 0.580. The highest BCUT2D eigenvalue weighted by Gasteiger charge is 2.40. The van der Waals surface area contributed by atoms with E-state index in [1.165, 1.54) is 33.4 Å². The van der Waals surface area contributed by atoms with Crippen molar-refractivity contribution in [3.05, 3.63) is 45.6 Å². The molecule has 0 heteroatoms. The Hall–Kier alpha value is -1.04. The van der Waals surface area contributed by atoms with E-state index in [4.69, 9.17) is 0 Å². The molecule has 1 atom stereocenters. The SMILES string of the molecule is CC1=CC(C)=C(C)C2=CC(C)=C(C)C12C. The number of rotatable bonds is 0. The summed E-state index contributed by atoms with van der Waals surface area (Å²) in [6, 6.07) is 0. The molecule has 15 heavy (non-hydrogen) atoms. The van der Waals surface area contributed by atoms with Crippen molar-refractivity contribution in [2.75, 3.05) is 0 Å².